The van der Waals surface area contributed by atoms with E-state index in [1.807, 2.05) is 4.90 Å². The van der Waals surface area contributed by atoms with Crippen LogP contribution in [0.4, 0.5) is 11.6 Å². The molecule has 0 unspecified atom stereocenters. The van der Waals surface area contributed by atoms with Gasteiger partial charge < -0.3 is 15.0 Å². The van der Waals surface area contributed by atoms with E-state index in [0.29, 0.717) is 30.3 Å². The Labute approximate surface area is 175 Å². The normalized spacial score (nSPS) is 14.6. The Morgan fingerprint density at radius 1 is 1.30 bits per heavy atom. The first-order valence-corrected chi connectivity index (χ1v) is 9.84. The third-order valence-electron chi connectivity index (χ3n) is 4.85. The van der Waals surface area contributed by atoms with E-state index in [0.717, 1.165) is 19.5 Å². The van der Waals surface area contributed by atoms with Gasteiger partial charge in [-0.05, 0) is 25.5 Å². The van der Waals surface area contributed by atoms with Gasteiger partial charge in [0.05, 0.1) is 24.9 Å². The number of carbonyl (C=O) groups excluding carboxylic acids is 2. The number of pyridine rings is 1. The van der Waals surface area contributed by atoms with Gasteiger partial charge in [0.25, 0.3) is 0 Å². The van der Waals surface area contributed by atoms with Crippen molar-refractivity contribution in [1.29, 1.82) is 5.26 Å². The number of aryl methyl sites for hydroxylation is 1. The van der Waals surface area contributed by atoms with Crippen LogP contribution >= 0.6 is 0 Å². The van der Waals surface area contributed by atoms with Crippen molar-refractivity contribution in [2.24, 2.45) is 7.05 Å². The van der Waals surface area contributed by atoms with Gasteiger partial charge in [-0.25, -0.2) is 9.78 Å². The smallest absolute Gasteiger partial charge is 0.343 e. The molecular weight excluding hydrogens is 386 g/mol. The molecular formula is C20H25N7O3. The van der Waals surface area contributed by atoms with Crippen molar-refractivity contribution < 1.29 is 14.3 Å². The Kier molecular flexibility index (Phi) is 6.98. The lowest BCUT2D eigenvalue weighted by atomic mass is 10.2. The zero-order valence-corrected chi connectivity index (χ0v) is 17.2. The van der Waals surface area contributed by atoms with Gasteiger partial charge in [0.1, 0.15) is 23.3 Å². The maximum absolute atomic E-state index is 12.6. The fraction of sp³-hybridized carbons (Fsp3) is 0.450. The number of hydrogen-bond donors (Lipinski definition) is 1. The minimum absolute atomic E-state index is 0.189. The minimum Gasteiger partial charge on any atom is -0.462 e. The lowest BCUT2D eigenvalue weighted by Crippen LogP contribution is -2.37. The second-order valence-corrected chi connectivity index (χ2v) is 6.90. The molecule has 1 aliphatic rings. The van der Waals surface area contributed by atoms with E-state index in [1.165, 1.54) is 10.9 Å². The summed E-state index contributed by atoms with van der Waals surface area (Å²) >= 11 is 0. The Hall–Kier alpha value is -3.45. The molecule has 2 aromatic heterocycles. The molecule has 1 amide bonds. The number of rotatable bonds is 6. The monoisotopic (exact) mass is 411 g/mol. The number of aromatic nitrogens is 3. The first-order chi connectivity index (χ1) is 14.5. The number of nitrogens with one attached hydrogen (secondary N) is 1. The Balaban J connectivity index is 1.60. The van der Waals surface area contributed by atoms with Crippen LogP contribution in [0.3, 0.4) is 0 Å². The summed E-state index contributed by atoms with van der Waals surface area (Å²) in [4.78, 5) is 33.1. The zero-order chi connectivity index (χ0) is 21.5. The van der Waals surface area contributed by atoms with E-state index < -0.39 is 5.97 Å². The van der Waals surface area contributed by atoms with E-state index in [2.05, 4.69) is 26.4 Å². The predicted molar refractivity (Wildman–Crippen MR) is 110 cm³/mol. The molecule has 0 atom stereocenters. The molecule has 1 fully saturated rings. The molecule has 0 radical (unpaired) electrons. The number of amides is 1. The Morgan fingerprint density at radius 3 is 2.90 bits per heavy atom. The van der Waals surface area contributed by atoms with Gasteiger partial charge in [-0.3, -0.25) is 14.4 Å². The van der Waals surface area contributed by atoms with Crippen molar-refractivity contribution >= 4 is 23.5 Å². The quantitative estimate of drug-likeness (QED) is 0.700. The van der Waals surface area contributed by atoms with Gasteiger partial charge in [-0.2, -0.15) is 10.4 Å². The number of hydrogen-bond acceptors (Lipinski definition) is 8. The second kappa shape index (κ2) is 9.84. The summed E-state index contributed by atoms with van der Waals surface area (Å²) in [5, 5.41) is 16.1. The second-order valence-electron chi connectivity index (χ2n) is 6.90. The molecule has 3 heterocycles. The van der Waals surface area contributed by atoms with E-state index in [9.17, 15) is 14.9 Å². The van der Waals surface area contributed by atoms with Crippen LogP contribution in [0, 0.1) is 11.3 Å². The molecule has 1 N–H and O–H groups in total. The topological polar surface area (TPSA) is 116 Å². The molecule has 0 bridgehead atoms. The summed E-state index contributed by atoms with van der Waals surface area (Å²) in [6, 6.07) is 5.69. The summed E-state index contributed by atoms with van der Waals surface area (Å²) in [7, 11) is 1.65. The van der Waals surface area contributed by atoms with Crippen molar-refractivity contribution in [1.82, 2.24) is 19.7 Å². The highest BCUT2D eigenvalue weighted by atomic mass is 16.5. The number of nitriles is 1. The van der Waals surface area contributed by atoms with E-state index in [4.69, 9.17) is 4.74 Å². The molecule has 3 rings (SSSR count). The number of ether oxygens (including phenoxy) is 1. The molecule has 0 spiro atoms. The minimum atomic E-state index is -0.519. The summed E-state index contributed by atoms with van der Waals surface area (Å²) in [5.74, 6) is 0.255. The van der Waals surface area contributed by atoms with Gasteiger partial charge in [0.2, 0.25) is 5.91 Å². The molecule has 158 valence electrons. The highest BCUT2D eigenvalue weighted by Crippen LogP contribution is 2.19. The summed E-state index contributed by atoms with van der Waals surface area (Å²) in [6.45, 7) is 4.99. The summed E-state index contributed by atoms with van der Waals surface area (Å²) < 4.78 is 6.46. The van der Waals surface area contributed by atoms with Crippen LogP contribution in [-0.4, -0.2) is 70.9 Å². The first kappa shape index (κ1) is 21.3. The van der Waals surface area contributed by atoms with Crippen molar-refractivity contribution in [2.45, 2.75) is 13.3 Å². The van der Waals surface area contributed by atoms with E-state index in [-0.39, 0.29) is 24.6 Å². The molecule has 0 aliphatic carbocycles. The fourth-order valence-corrected chi connectivity index (χ4v) is 3.40. The van der Waals surface area contributed by atoms with Crippen LogP contribution in [0.25, 0.3) is 0 Å². The molecule has 0 aromatic carbocycles. The zero-order valence-electron chi connectivity index (χ0n) is 17.2. The number of esters is 1. The van der Waals surface area contributed by atoms with Crippen LogP contribution in [0.5, 0.6) is 0 Å². The molecule has 0 saturated carbocycles. The first-order valence-electron chi connectivity index (χ1n) is 9.84. The highest BCUT2D eigenvalue weighted by Gasteiger charge is 2.22. The van der Waals surface area contributed by atoms with Crippen molar-refractivity contribution in [2.75, 3.05) is 49.5 Å². The Morgan fingerprint density at radius 2 is 2.13 bits per heavy atom. The lowest BCUT2D eigenvalue weighted by molar-refractivity contribution is -0.117. The predicted octanol–water partition coefficient (Wildman–Crippen LogP) is 1.01. The molecule has 1 saturated heterocycles. The maximum Gasteiger partial charge on any atom is 0.343 e. The van der Waals surface area contributed by atoms with Crippen LogP contribution in [0.1, 0.15) is 29.3 Å². The van der Waals surface area contributed by atoms with E-state index in [1.54, 1.807) is 32.3 Å². The molecule has 2 aromatic rings. The molecule has 1 aliphatic heterocycles. The lowest BCUT2D eigenvalue weighted by Gasteiger charge is -2.23. The van der Waals surface area contributed by atoms with Gasteiger partial charge in [0.15, 0.2) is 0 Å². The molecule has 30 heavy (non-hydrogen) atoms. The summed E-state index contributed by atoms with van der Waals surface area (Å²) in [6.07, 6.45) is 3.91. The molecule has 10 heteroatoms. The van der Waals surface area contributed by atoms with Gasteiger partial charge in [-0.15, -0.1) is 0 Å². The number of carbonyl (C=O) groups is 2. The number of anilines is 2. The van der Waals surface area contributed by atoms with Crippen LogP contribution in [0.15, 0.2) is 24.5 Å². The van der Waals surface area contributed by atoms with Crippen LogP contribution < -0.4 is 10.2 Å². The maximum atomic E-state index is 12.6. The average Bonchev–Trinajstić information content (AvgIpc) is 2.95. The Bertz CT molecular complexity index is 950. The third-order valence-corrected chi connectivity index (χ3v) is 4.85. The van der Waals surface area contributed by atoms with Crippen LogP contribution in [0.2, 0.25) is 0 Å². The van der Waals surface area contributed by atoms with Gasteiger partial charge in [-0.1, -0.05) is 0 Å². The third kappa shape index (κ3) is 4.93. The highest BCUT2D eigenvalue weighted by molar-refractivity contribution is 6.00. The standard InChI is InChI=1S/C20H25N7O3/c1-3-30-20(29)16-13-23-25(2)19(16)24-17(28)14-26-8-5-9-27(11-10-26)18-15(12-21)6-4-7-22-18/h4,6-7,13H,3,5,8-11,14H2,1-2H3,(H,24,28). The van der Waals surface area contributed by atoms with Crippen molar-refractivity contribution in [3.8, 4) is 6.07 Å². The SMILES string of the molecule is CCOC(=O)c1cnn(C)c1NC(=O)CN1CCCN(c2ncccc2C#N)CC1. The molecule has 10 nitrogen and oxygen atoms in total. The van der Waals surface area contributed by atoms with Gasteiger partial charge >= 0.3 is 5.97 Å². The van der Waals surface area contributed by atoms with E-state index >= 15 is 0 Å². The fourth-order valence-electron chi connectivity index (χ4n) is 3.40. The largest absolute Gasteiger partial charge is 0.462 e. The summed E-state index contributed by atoms with van der Waals surface area (Å²) in [5.41, 5.74) is 0.778. The van der Waals surface area contributed by atoms with Crippen molar-refractivity contribution in [3.05, 3.63) is 35.7 Å². The van der Waals surface area contributed by atoms with Gasteiger partial charge in [0, 0.05) is 39.4 Å². The number of nitrogens with zero attached hydrogens (tertiary/aromatic N) is 6. The van der Waals surface area contributed by atoms with Crippen LogP contribution in [-0.2, 0) is 16.6 Å². The van der Waals surface area contributed by atoms with Crippen molar-refractivity contribution in [3.63, 3.8) is 0 Å². The average molecular weight is 411 g/mol.